The lowest BCUT2D eigenvalue weighted by atomic mass is 10.2. The van der Waals surface area contributed by atoms with E-state index < -0.39 is 0 Å². The number of rotatable bonds is 1. The van der Waals surface area contributed by atoms with Crippen molar-refractivity contribution in [1.82, 2.24) is 4.90 Å². The Bertz CT molecular complexity index is 219. The third-order valence-corrected chi connectivity index (χ3v) is 2.83. The normalized spacial score (nSPS) is 36.2. The summed E-state index contributed by atoms with van der Waals surface area (Å²) in [6.45, 7) is 2.59. The van der Waals surface area contributed by atoms with Crippen LogP contribution in [0.1, 0.15) is 12.8 Å². The van der Waals surface area contributed by atoms with E-state index in [1.165, 1.54) is 12.8 Å². The molecule has 2 aliphatic rings. The van der Waals surface area contributed by atoms with E-state index in [2.05, 4.69) is 10.1 Å². The van der Waals surface area contributed by atoms with Crippen molar-refractivity contribution in [3.05, 3.63) is 0 Å². The first kappa shape index (κ1) is 8.77. The second-order valence-electron chi connectivity index (χ2n) is 3.64. The number of amidine groups is 1. The largest absolute Gasteiger partial charge is 0.409 e. The Labute approximate surface area is 77.1 Å². The number of oxime groups is 1. The van der Waals surface area contributed by atoms with Gasteiger partial charge in [-0.2, -0.15) is 0 Å². The molecule has 0 bridgehead atoms. The van der Waals surface area contributed by atoms with Gasteiger partial charge in [-0.3, -0.25) is 4.90 Å². The zero-order chi connectivity index (χ0) is 9.26. The minimum absolute atomic E-state index is 0.186. The van der Waals surface area contributed by atoms with Crippen molar-refractivity contribution in [2.45, 2.75) is 25.0 Å². The molecule has 0 amide bonds. The first-order valence-electron chi connectivity index (χ1n) is 4.64. The molecule has 5 nitrogen and oxygen atoms in total. The highest BCUT2D eigenvalue weighted by Gasteiger charge is 2.33. The molecule has 0 aromatic carbocycles. The summed E-state index contributed by atoms with van der Waals surface area (Å²) in [6, 6.07) is 0.558. The quantitative estimate of drug-likeness (QED) is 0.252. The predicted molar refractivity (Wildman–Crippen MR) is 47.7 cm³/mol. The zero-order valence-electron chi connectivity index (χ0n) is 7.52. The Morgan fingerprint density at radius 3 is 3.23 bits per heavy atom. The maximum absolute atomic E-state index is 8.49. The molecule has 0 unspecified atom stereocenters. The van der Waals surface area contributed by atoms with Crippen molar-refractivity contribution >= 4 is 5.84 Å². The van der Waals surface area contributed by atoms with Gasteiger partial charge in [-0.1, -0.05) is 5.16 Å². The van der Waals surface area contributed by atoms with Crippen LogP contribution in [0.25, 0.3) is 0 Å². The number of ether oxygens (including phenoxy) is 1. The van der Waals surface area contributed by atoms with E-state index in [0.717, 1.165) is 13.1 Å². The monoisotopic (exact) mass is 185 g/mol. The summed E-state index contributed by atoms with van der Waals surface area (Å²) in [5.74, 6) is 0.186. The summed E-state index contributed by atoms with van der Waals surface area (Å²) in [4.78, 5) is 2.35. The summed E-state index contributed by atoms with van der Waals surface area (Å²) >= 11 is 0. The Morgan fingerprint density at radius 2 is 2.46 bits per heavy atom. The Hall–Kier alpha value is -0.810. The van der Waals surface area contributed by atoms with Crippen LogP contribution in [0.15, 0.2) is 5.16 Å². The molecule has 0 aromatic heterocycles. The van der Waals surface area contributed by atoms with Crippen LogP contribution in [0.4, 0.5) is 0 Å². The number of nitrogens with zero attached hydrogens (tertiary/aromatic N) is 2. The molecule has 2 atom stereocenters. The third-order valence-electron chi connectivity index (χ3n) is 2.83. The van der Waals surface area contributed by atoms with Gasteiger partial charge in [0.05, 0.1) is 6.61 Å². The average Bonchev–Trinajstić information content (AvgIpc) is 2.63. The van der Waals surface area contributed by atoms with E-state index in [1.54, 1.807) is 0 Å². The molecule has 0 radical (unpaired) electrons. The third kappa shape index (κ3) is 1.62. The summed E-state index contributed by atoms with van der Waals surface area (Å²) < 4.78 is 5.49. The summed E-state index contributed by atoms with van der Waals surface area (Å²) in [7, 11) is 0. The second kappa shape index (κ2) is 3.51. The van der Waals surface area contributed by atoms with Crippen LogP contribution >= 0.6 is 0 Å². The maximum Gasteiger partial charge on any atom is 0.169 e. The molecular weight excluding hydrogens is 170 g/mol. The summed E-state index contributed by atoms with van der Waals surface area (Å²) in [6.07, 6.45) is 2.22. The molecule has 13 heavy (non-hydrogen) atoms. The van der Waals surface area contributed by atoms with Gasteiger partial charge in [0, 0.05) is 12.6 Å². The van der Waals surface area contributed by atoms with Crippen LogP contribution in [-0.4, -0.2) is 47.8 Å². The minimum Gasteiger partial charge on any atom is -0.409 e. The summed E-state index contributed by atoms with van der Waals surface area (Å²) in [5.41, 5.74) is 5.48. The SMILES string of the molecule is N/C(=N\O)[C@@H]1CN2CCC[C@H]2CO1. The molecule has 2 heterocycles. The van der Waals surface area contributed by atoms with Crippen molar-refractivity contribution in [2.75, 3.05) is 19.7 Å². The molecule has 0 saturated carbocycles. The number of nitrogens with two attached hydrogens (primary N) is 1. The fourth-order valence-corrected chi connectivity index (χ4v) is 2.06. The smallest absolute Gasteiger partial charge is 0.169 e. The van der Waals surface area contributed by atoms with Crippen molar-refractivity contribution in [1.29, 1.82) is 0 Å². The molecule has 2 saturated heterocycles. The molecule has 0 aliphatic carbocycles. The van der Waals surface area contributed by atoms with E-state index in [4.69, 9.17) is 15.7 Å². The standard InChI is InChI=1S/C8H15N3O2/c9-8(10-12)7-4-11-3-1-2-6(11)5-13-7/h6-7,12H,1-5H2,(H2,9,10)/t6-,7-/m0/s1. The fraction of sp³-hybridized carbons (Fsp3) is 0.875. The highest BCUT2D eigenvalue weighted by Crippen LogP contribution is 2.22. The number of hydrogen-bond donors (Lipinski definition) is 2. The molecular formula is C8H15N3O2. The Balaban J connectivity index is 1.97. The maximum atomic E-state index is 8.49. The van der Waals surface area contributed by atoms with Crippen molar-refractivity contribution in [2.24, 2.45) is 10.9 Å². The molecule has 2 fully saturated rings. The fourth-order valence-electron chi connectivity index (χ4n) is 2.06. The molecule has 3 N–H and O–H groups in total. The van der Waals surface area contributed by atoms with E-state index in [9.17, 15) is 0 Å². The van der Waals surface area contributed by atoms with Gasteiger partial charge in [0.15, 0.2) is 5.84 Å². The van der Waals surface area contributed by atoms with Gasteiger partial charge in [-0.15, -0.1) is 0 Å². The van der Waals surface area contributed by atoms with Crippen LogP contribution in [-0.2, 0) is 4.74 Å². The topological polar surface area (TPSA) is 71.1 Å². The second-order valence-corrected chi connectivity index (χ2v) is 3.64. The number of hydrogen-bond acceptors (Lipinski definition) is 4. The lowest BCUT2D eigenvalue weighted by Crippen LogP contribution is -2.50. The Kier molecular flexibility index (Phi) is 2.37. The molecule has 2 rings (SSSR count). The van der Waals surface area contributed by atoms with E-state index >= 15 is 0 Å². The molecule has 0 spiro atoms. The van der Waals surface area contributed by atoms with E-state index in [0.29, 0.717) is 12.6 Å². The molecule has 0 aromatic rings. The van der Waals surface area contributed by atoms with Crippen LogP contribution in [0.2, 0.25) is 0 Å². The van der Waals surface area contributed by atoms with Gasteiger partial charge < -0.3 is 15.7 Å². The molecule has 2 aliphatic heterocycles. The van der Waals surface area contributed by atoms with E-state index in [-0.39, 0.29) is 11.9 Å². The molecule has 74 valence electrons. The van der Waals surface area contributed by atoms with Gasteiger partial charge in [-0.25, -0.2) is 0 Å². The Morgan fingerprint density at radius 1 is 1.62 bits per heavy atom. The number of fused-ring (bicyclic) bond motifs is 1. The van der Waals surface area contributed by atoms with Crippen LogP contribution in [0.3, 0.4) is 0 Å². The minimum atomic E-state index is -0.223. The van der Waals surface area contributed by atoms with E-state index in [1.807, 2.05) is 0 Å². The first-order chi connectivity index (χ1) is 6.31. The predicted octanol–water partition coefficient (Wildman–Crippen LogP) is -0.404. The van der Waals surface area contributed by atoms with Gasteiger partial charge in [0.1, 0.15) is 6.10 Å². The van der Waals surface area contributed by atoms with Gasteiger partial charge in [0.2, 0.25) is 0 Å². The van der Waals surface area contributed by atoms with Crippen molar-refractivity contribution in [3.63, 3.8) is 0 Å². The lowest BCUT2D eigenvalue weighted by Gasteiger charge is -2.34. The zero-order valence-corrected chi connectivity index (χ0v) is 7.52. The molecule has 5 heteroatoms. The van der Waals surface area contributed by atoms with Gasteiger partial charge in [-0.05, 0) is 19.4 Å². The van der Waals surface area contributed by atoms with Crippen molar-refractivity contribution in [3.8, 4) is 0 Å². The summed E-state index contributed by atoms with van der Waals surface area (Å²) in [5, 5.41) is 11.5. The lowest BCUT2D eigenvalue weighted by molar-refractivity contribution is -0.0177. The van der Waals surface area contributed by atoms with Crippen LogP contribution in [0.5, 0.6) is 0 Å². The van der Waals surface area contributed by atoms with Gasteiger partial charge >= 0.3 is 0 Å². The van der Waals surface area contributed by atoms with Crippen molar-refractivity contribution < 1.29 is 9.94 Å². The first-order valence-corrected chi connectivity index (χ1v) is 4.64. The highest BCUT2D eigenvalue weighted by atomic mass is 16.5. The van der Waals surface area contributed by atoms with Crippen LogP contribution in [0, 0.1) is 0 Å². The average molecular weight is 185 g/mol. The highest BCUT2D eigenvalue weighted by molar-refractivity contribution is 5.84. The van der Waals surface area contributed by atoms with Crippen LogP contribution < -0.4 is 5.73 Å². The van der Waals surface area contributed by atoms with Gasteiger partial charge in [0.25, 0.3) is 0 Å². The number of morpholine rings is 1.